The maximum Gasteiger partial charge on any atom is 0.225 e. The summed E-state index contributed by atoms with van der Waals surface area (Å²) in [5, 5.41) is 6.72. The van der Waals surface area contributed by atoms with Gasteiger partial charge in [-0.1, -0.05) is 17.3 Å². The number of aromatic nitrogens is 1. The average Bonchev–Trinajstić information content (AvgIpc) is 3.04. The number of nitrogens with zero attached hydrogens (tertiary/aromatic N) is 2. The quantitative estimate of drug-likeness (QED) is 0.898. The van der Waals surface area contributed by atoms with Crippen molar-refractivity contribution in [2.45, 2.75) is 39.3 Å². The molecule has 1 aliphatic rings. The van der Waals surface area contributed by atoms with E-state index in [1.54, 1.807) is 30.9 Å². The van der Waals surface area contributed by atoms with Gasteiger partial charge in [-0.2, -0.15) is 0 Å². The lowest BCUT2D eigenvalue weighted by atomic mass is 10.1. The summed E-state index contributed by atoms with van der Waals surface area (Å²) >= 11 is 0. The molecule has 132 valence electrons. The van der Waals surface area contributed by atoms with Crippen LogP contribution in [0.4, 0.5) is 4.39 Å². The fraction of sp³-hybridized carbons (Fsp3) is 0.389. The highest BCUT2D eigenvalue weighted by Gasteiger charge is 2.30. The Morgan fingerprint density at radius 1 is 1.44 bits per heavy atom. The van der Waals surface area contributed by atoms with Gasteiger partial charge in [0.2, 0.25) is 11.8 Å². The Morgan fingerprint density at radius 3 is 2.92 bits per heavy atom. The fourth-order valence-electron chi connectivity index (χ4n) is 3.07. The summed E-state index contributed by atoms with van der Waals surface area (Å²) in [7, 11) is 0. The fourth-order valence-corrected chi connectivity index (χ4v) is 3.07. The summed E-state index contributed by atoms with van der Waals surface area (Å²) in [5.41, 5.74) is 2.21. The number of carbonyl (C=O) groups is 2. The summed E-state index contributed by atoms with van der Waals surface area (Å²) in [6.45, 7) is 4.32. The highest BCUT2D eigenvalue weighted by Crippen LogP contribution is 2.17. The molecule has 0 unspecified atom stereocenters. The van der Waals surface area contributed by atoms with E-state index in [0.717, 1.165) is 11.1 Å². The van der Waals surface area contributed by atoms with Gasteiger partial charge >= 0.3 is 0 Å². The highest BCUT2D eigenvalue weighted by molar-refractivity contribution is 5.83. The van der Waals surface area contributed by atoms with Gasteiger partial charge in [-0.3, -0.25) is 9.59 Å². The molecule has 1 atom stereocenters. The molecule has 3 rings (SSSR count). The predicted octanol–water partition coefficient (Wildman–Crippen LogP) is 1.89. The van der Waals surface area contributed by atoms with Gasteiger partial charge in [-0.05, 0) is 31.5 Å². The second kappa shape index (κ2) is 7.04. The number of hydrogen-bond donors (Lipinski definition) is 1. The van der Waals surface area contributed by atoms with Crippen molar-refractivity contribution in [1.82, 2.24) is 15.4 Å². The zero-order valence-corrected chi connectivity index (χ0v) is 14.2. The first kappa shape index (κ1) is 17.1. The maximum atomic E-state index is 13.3. The molecule has 2 amide bonds. The van der Waals surface area contributed by atoms with E-state index in [0.29, 0.717) is 24.5 Å². The number of likely N-dealkylation sites (tertiary alicyclic amines) is 1. The zero-order valence-electron chi connectivity index (χ0n) is 14.2. The number of nitrogens with one attached hydrogen (secondary N) is 1. The SMILES string of the molecule is Cc1noc(C)c1CC(=O)N[C@H]1CC(=O)N(Cc2cccc(F)c2)C1. The molecule has 7 heteroatoms. The minimum absolute atomic E-state index is 0.0492. The third kappa shape index (κ3) is 4.04. The highest BCUT2D eigenvalue weighted by atomic mass is 19.1. The molecule has 1 aliphatic heterocycles. The van der Waals surface area contributed by atoms with Crippen LogP contribution in [0.3, 0.4) is 0 Å². The van der Waals surface area contributed by atoms with Crippen molar-refractivity contribution in [3.63, 3.8) is 0 Å². The molecule has 2 heterocycles. The Labute approximate surface area is 145 Å². The Balaban J connectivity index is 1.56. The van der Waals surface area contributed by atoms with Crippen LogP contribution < -0.4 is 5.32 Å². The van der Waals surface area contributed by atoms with Crippen LogP contribution in [0.2, 0.25) is 0 Å². The molecule has 0 aliphatic carbocycles. The topological polar surface area (TPSA) is 75.4 Å². The van der Waals surface area contributed by atoms with Crippen molar-refractivity contribution in [1.29, 1.82) is 0 Å². The van der Waals surface area contributed by atoms with E-state index < -0.39 is 0 Å². The molecule has 0 radical (unpaired) electrons. The third-order valence-corrected chi connectivity index (χ3v) is 4.36. The first-order valence-electron chi connectivity index (χ1n) is 8.15. The number of rotatable bonds is 5. The number of hydrogen-bond acceptors (Lipinski definition) is 4. The molecule has 0 saturated carbocycles. The molecule has 2 aromatic rings. The summed E-state index contributed by atoms with van der Waals surface area (Å²) in [4.78, 5) is 26.0. The standard InChI is InChI=1S/C18H20FN3O3/c1-11-16(12(2)25-21-11)8-17(23)20-15-7-18(24)22(10-15)9-13-4-3-5-14(19)6-13/h3-6,15H,7-10H2,1-2H3,(H,20,23)/t15-/m0/s1. The minimum Gasteiger partial charge on any atom is -0.361 e. The van der Waals surface area contributed by atoms with Crippen molar-refractivity contribution >= 4 is 11.8 Å². The molecule has 1 aromatic carbocycles. The second-order valence-corrected chi connectivity index (χ2v) is 6.35. The Bertz CT molecular complexity index is 783. The van der Waals surface area contributed by atoms with E-state index in [1.807, 2.05) is 0 Å². The van der Waals surface area contributed by atoms with Crippen LogP contribution in [0.1, 0.15) is 29.0 Å². The molecule has 0 spiro atoms. The lowest BCUT2D eigenvalue weighted by molar-refractivity contribution is -0.128. The van der Waals surface area contributed by atoms with Gasteiger partial charge in [0.1, 0.15) is 11.6 Å². The third-order valence-electron chi connectivity index (χ3n) is 4.36. The lowest BCUT2D eigenvalue weighted by Crippen LogP contribution is -2.38. The van der Waals surface area contributed by atoms with Gasteiger partial charge in [0.25, 0.3) is 0 Å². The average molecular weight is 345 g/mol. The van der Waals surface area contributed by atoms with E-state index in [-0.39, 0.29) is 36.5 Å². The number of halogens is 1. The molecule has 6 nitrogen and oxygen atoms in total. The number of amides is 2. The van der Waals surface area contributed by atoms with Crippen molar-refractivity contribution in [2.24, 2.45) is 0 Å². The van der Waals surface area contributed by atoms with E-state index in [4.69, 9.17) is 4.52 Å². The van der Waals surface area contributed by atoms with Gasteiger partial charge in [0.05, 0.1) is 18.2 Å². The summed E-state index contributed by atoms with van der Waals surface area (Å²) < 4.78 is 18.3. The first-order valence-corrected chi connectivity index (χ1v) is 8.15. The van der Waals surface area contributed by atoms with Gasteiger partial charge < -0.3 is 14.7 Å². The second-order valence-electron chi connectivity index (χ2n) is 6.35. The number of benzene rings is 1. The van der Waals surface area contributed by atoms with Crippen molar-refractivity contribution in [3.8, 4) is 0 Å². The van der Waals surface area contributed by atoms with Gasteiger partial charge in [0.15, 0.2) is 0 Å². The summed E-state index contributed by atoms with van der Waals surface area (Å²) in [6.07, 6.45) is 0.429. The summed E-state index contributed by atoms with van der Waals surface area (Å²) in [6, 6.07) is 5.94. The molecule has 1 aromatic heterocycles. The van der Waals surface area contributed by atoms with E-state index in [9.17, 15) is 14.0 Å². The van der Waals surface area contributed by atoms with Crippen LogP contribution in [0, 0.1) is 19.7 Å². The molecule has 1 saturated heterocycles. The van der Waals surface area contributed by atoms with Crippen molar-refractivity contribution < 1.29 is 18.5 Å². The predicted molar refractivity (Wildman–Crippen MR) is 88.0 cm³/mol. The Hall–Kier alpha value is -2.70. The number of aryl methyl sites for hydroxylation is 2. The maximum absolute atomic E-state index is 13.3. The molecule has 0 bridgehead atoms. The van der Waals surface area contributed by atoms with Crippen LogP contribution in [-0.4, -0.2) is 34.5 Å². The van der Waals surface area contributed by atoms with E-state index in [1.165, 1.54) is 12.1 Å². The van der Waals surface area contributed by atoms with Crippen LogP contribution >= 0.6 is 0 Å². The Morgan fingerprint density at radius 2 is 2.24 bits per heavy atom. The van der Waals surface area contributed by atoms with Crippen LogP contribution in [0.5, 0.6) is 0 Å². The smallest absolute Gasteiger partial charge is 0.225 e. The van der Waals surface area contributed by atoms with Gasteiger partial charge in [0, 0.05) is 25.1 Å². The minimum atomic E-state index is -0.326. The van der Waals surface area contributed by atoms with E-state index >= 15 is 0 Å². The normalized spacial score (nSPS) is 17.2. The zero-order chi connectivity index (χ0) is 18.0. The monoisotopic (exact) mass is 345 g/mol. The van der Waals surface area contributed by atoms with Crippen molar-refractivity contribution in [2.75, 3.05) is 6.54 Å². The molecule has 25 heavy (non-hydrogen) atoms. The molecule has 1 N–H and O–H groups in total. The van der Waals surface area contributed by atoms with Crippen molar-refractivity contribution in [3.05, 3.63) is 52.7 Å². The van der Waals surface area contributed by atoms with Crippen LogP contribution in [0.25, 0.3) is 0 Å². The Kier molecular flexibility index (Phi) is 4.83. The van der Waals surface area contributed by atoms with Crippen LogP contribution in [0.15, 0.2) is 28.8 Å². The molecular weight excluding hydrogens is 325 g/mol. The van der Waals surface area contributed by atoms with Crippen LogP contribution in [-0.2, 0) is 22.6 Å². The largest absolute Gasteiger partial charge is 0.361 e. The van der Waals surface area contributed by atoms with Gasteiger partial charge in [-0.15, -0.1) is 0 Å². The number of carbonyl (C=O) groups excluding carboxylic acids is 2. The first-order chi connectivity index (χ1) is 11.9. The molecule has 1 fully saturated rings. The lowest BCUT2D eigenvalue weighted by Gasteiger charge is -2.17. The molecular formula is C18H20FN3O3. The summed E-state index contributed by atoms with van der Waals surface area (Å²) in [5.74, 6) is 0.0862. The van der Waals surface area contributed by atoms with Gasteiger partial charge in [-0.25, -0.2) is 4.39 Å². The van der Waals surface area contributed by atoms with E-state index in [2.05, 4.69) is 10.5 Å².